The van der Waals surface area contributed by atoms with Crippen LogP contribution in [0.3, 0.4) is 0 Å². The van der Waals surface area contributed by atoms with Crippen molar-refractivity contribution >= 4 is 11.9 Å². The molecule has 2 saturated heterocycles. The SMILES string of the molecule is C[C@]12CC[C@@H](C(=O)O)C[C@H]1C1=CC[C@@H]3[C@@]4(C)CC[C@H](O[C@@H]5O[C@H](C(=O)O)[C@@H](O)[C@H](O)[C@H]5O[C@@H]5O[C@H](CO)[C@@H](O)[C@H](O)[C@H]5O)[C@](C)(CO)[C@@H]4CC[C@@]3(C)[C@]1(C)CC2. The molecule has 0 radical (unpaired) electrons. The van der Waals surface area contributed by atoms with Crippen molar-refractivity contribution < 1.29 is 74.5 Å². The third-order valence-electron chi connectivity index (χ3n) is 17.2. The largest absolute Gasteiger partial charge is 0.481 e. The van der Waals surface area contributed by atoms with Gasteiger partial charge in [0, 0.05) is 5.41 Å². The molecule has 2 aliphatic heterocycles. The number of fused-ring (bicyclic) bond motifs is 7. The quantitative estimate of drug-likeness (QED) is 0.125. The Bertz CT molecular complexity index is 1540. The summed E-state index contributed by atoms with van der Waals surface area (Å²) in [6, 6.07) is 0. The van der Waals surface area contributed by atoms with Crippen LogP contribution in [0.4, 0.5) is 0 Å². The lowest BCUT2D eigenvalue weighted by Gasteiger charge is -2.71. The Morgan fingerprint density at radius 3 is 2.11 bits per heavy atom. The highest BCUT2D eigenvalue weighted by atomic mass is 16.8. The van der Waals surface area contributed by atoms with Gasteiger partial charge in [-0.2, -0.15) is 0 Å². The average Bonchev–Trinajstić information content (AvgIpc) is 3.15. The van der Waals surface area contributed by atoms with E-state index in [2.05, 4.69) is 33.8 Å². The summed E-state index contributed by atoms with van der Waals surface area (Å²) in [5.74, 6) is -2.17. The van der Waals surface area contributed by atoms with E-state index in [4.69, 9.17) is 18.9 Å². The first kappa shape index (κ1) is 42.4. The Morgan fingerprint density at radius 2 is 1.46 bits per heavy atom. The Balaban J connectivity index is 1.16. The number of aliphatic hydroxyl groups is 7. The fourth-order valence-corrected chi connectivity index (χ4v) is 13.4. The van der Waals surface area contributed by atoms with Gasteiger partial charge in [-0.15, -0.1) is 0 Å². The van der Waals surface area contributed by atoms with Crippen molar-refractivity contribution in [3.63, 3.8) is 0 Å². The number of carbonyl (C=O) groups is 2. The lowest BCUT2D eigenvalue weighted by atomic mass is 9.34. The zero-order valence-corrected chi connectivity index (χ0v) is 33.2. The number of aliphatic carboxylic acids is 2. The molecule has 0 unspecified atom stereocenters. The Labute approximate surface area is 328 Å². The number of allylic oxidation sites excluding steroid dienone is 2. The van der Waals surface area contributed by atoms with Gasteiger partial charge in [0.1, 0.15) is 42.7 Å². The zero-order chi connectivity index (χ0) is 40.9. The molecule has 7 rings (SSSR count). The Kier molecular flexibility index (Phi) is 11.2. The first-order valence-electron chi connectivity index (χ1n) is 20.6. The Morgan fingerprint density at radius 1 is 0.750 bits per heavy atom. The summed E-state index contributed by atoms with van der Waals surface area (Å²) >= 11 is 0. The molecule has 0 aromatic heterocycles. The van der Waals surface area contributed by atoms with E-state index >= 15 is 0 Å². The van der Waals surface area contributed by atoms with E-state index in [0.29, 0.717) is 19.3 Å². The molecule has 7 aliphatic rings. The van der Waals surface area contributed by atoms with Crippen LogP contribution in [0.1, 0.15) is 98.8 Å². The van der Waals surface area contributed by atoms with Gasteiger partial charge in [-0.05, 0) is 104 Å². The minimum atomic E-state index is -1.98. The van der Waals surface area contributed by atoms with Crippen molar-refractivity contribution in [3.05, 3.63) is 11.6 Å². The van der Waals surface area contributed by atoms with Gasteiger partial charge in [0.25, 0.3) is 0 Å². The maximum atomic E-state index is 12.2. The second-order valence-electron chi connectivity index (χ2n) is 19.7. The molecule has 0 amide bonds. The average molecular weight is 797 g/mol. The highest BCUT2D eigenvalue weighted by Gasteiger charge is 2.69. The molecule has 318 valence electrons. The summed E-state index contributed by atoms with van der Waals surface area (Å²) in [6.45, 7) is 10.5. The second-order valence-corrected chi connectivity index (χ2v) is 19.7. The van der Waals surface area contributed by atoms with Gasteiger partial charge in [-0.25, -0.2) is 4.79 Å². The molecule has 0 bridgehead atoms. The molecule has 15 heteroatoms. The number of carboxylic acids is 2. The predicted molar refractivity (Wildman–Crippen MR) is 195 cm³/mol. The van der Waals surface area contributed by atoms with Crippen LogP contribution in [0.2, 0.25) is 0 Å². The fraction of sp³-hybridized carbons (Fsp3) is 0.902. The standard InChI is InChI=1S/C41H64O15/c1-37-11-8-19(33(49)50)16-21(37)20-6-7-24-38(2)12-10-25(39(3,18-43)23(38)9-13-41(24,5)40(20,4)15-14-37)54-36-32(29(47)28(46)31(55-36)34(51)52)56-35-30(48)27(45)26(44)22(17-42)53-35/h6,19,21-32,35-36,42-48H,7-18H2,1-5H3,(H,49,50)(H,51,52)/t19-,21+,22-,23-,24-,25+,26-,27+,28+,29+,30-,31+,32-,35+,36-,37-,38+,39-,40-,41-/m1/s1. The number of hydrogen-bond acceptors (Lipinski definition) is 13. The molecule has 0 spiro atoms. The first-order valence-corrected chi connectivity index (χ1v) is 20.6. The molecule has 4 saturated carbocycles. The zero-order valence-electron chi connectivity index (χ0n) is 33.2. The molecular formula is C41H64O15. The number of carboxylic acid groups (broad SMARTS) is 2. The van der Waals surface area contributed by atoms with Crippen molar-refractivity contribution in [1.82, 2.24) is 0 Å². The topological polar surface area (TPSA) is 253 Å². The van der Waals surface area contributed by atoms with Crippen molar-refractivity contribution in [1.29, 1.82) is 0 Å². The van der Waals surface area contributed by atoms with E-state index in [9.17, 15) is 55.5 Å². The van der Waals surface area contributed by atoms with Crippen LogP contribution in [0.5, 0.6) is 0 Å². The molecule has 0 aromatic carbocycles. The van der Waals surface area contributed by atoms with E-state index < -0.39 is 91.5 Å². The summed E-state index contributed by atoms with van der Waals surface area (Å²) in [5.41, 5.74) is 0.195. The van der Waals surface area contributed by atoms with Gasteiger partial charge in [0.2, 0.25) is 0 Å². The van der Waals surface area contributed by atoms with E-state index in [1.807, 2.05) is 6.92 Å². The monoisotopic (exact) mass is 796 g/mol. The van der Waals surface area contributed by atoms with Gasteiger partial charge in [-0.3, -0.25) is 4.79 Å². The molecule has 6 fully saturated rings. The van der Waals surface area contributed by atoms with Crippen molar-refractivity contribution in [2.45, 2.75) is 166 Å². The normalized spacial score (nSPS) is 54.4. The van der Waals surface area contributed by atoms with Gasteiger partial charge >= 0.3 is 11.9 Å². The second kappa shape index (κ2) is 14.8. The smallest absolute Gasteiger partial charge is 0.335 e. The molecule has 56 heavy (non-hydrogen) atoms. The summed E-state index contributed by atoms with van der Waals surface area (Å²) in [6.07, 6.45) is -7.77. The lowest BCUT2D eigenvalue weighted by Crippen LogP contribution is -2.67. The molecule has 2 heterocycles. The molecule has 0 aromatic rings. The minimum absolute atomic E-state index is 0.0468. The van der Waals surface area contributed by atoms with Crippen LogP contribution in [0.25, 0.3) is 0 Å². The maximum absolute atomic E-state index is 12.2. The summed E-state index contributed by atoms with van der Waals surface area (Å²) < 4.78 is 23.8. The van der Waals surface area contributed by atoms with Crippen LogP contribution < -0.4 is 0 Å². The summed E-state index contributed by atoms with van der Waals surface area (Å²) in [4.78, 5) is 24.4. The van der Waals surface area contributed by atoms with Crippen LogP contribution in [0.15, 0.2) is 11.6 Å². The molecular weight excluding hydrogens is 732 g/mol. The fourth-order valence-electron chi connectivity index (χ4n) is 13.4. The third-order valence-corrected chi connectivity index (χ3v) is 17.2. The van der Waals surface area contributed by atoms with E-state index in [1.165, 1.54) is 5.57 Å². The number of aliphatic hydroxyl groups excluding tert-OH is 7. The van der Waals surface area contributed by atoms with E-state index in [0.717, 1.165) is 44.9 Å². The predicted octanol–water partition coefficient (Wildman–Crippen LogP) is 1.56. The van der Waals surface area contributed by atoms with Crippen LogP contribution in [-0.4, -0.2) is 139 Å². The van der Waals surface area contributed by atoms with E-state index in [1.54, 1.807) is 0 Å². The minimum Gasteiger partial charge on any atom is -0.481 e. The lowest BCUT2D eigenvalue weighted by molar-refractivity contribution is -0.375. The van der Waals surface area contributed by atoms with Gasteiger partial charge in [0.15, 0.2) is 18.7 Å². The van der Waals surface area contributed by atoms with Crippen molar-refractivity contribution in [3.8, 4) is 0 Å². The van der Waals surface area contributed by atoms with Crippen LogP contribution in [-0.2, 0) is 28.5 Å². The third kappa shape index (κ3) is 6.24. The van der Waals surface area contributed by atoms with Gasteiger partial charge in [-0.1, -0.05) is 46.3 Å². The molecule has 9 N–H and O–H groups in total. The van der Waals surface area contributed by atoms with Crippen LogP contribution >= 0.6 is 0 Å². The summed E-state index contributed by atoms with van der Waals surface area (Å²) in [5, 5.41) is 94.4. The van der Waals surface area contributed by atoms with Gasteiger partial charge in [0.05, 0.1) is 25.2 Å². The number of hydrogen-bond donors (Lipinski definition) is 9. The maximum Gasteiger partial charge on any atom is 0.335 e. The Hall–Kier alpha value is -1.76. The highest BCUT2D eigenvalue weighted by molar-refractivity contribution is 5.73. The van der Waals surface area contributed by atoms with Crippen molar-refractivity contribution in [2.75, 3.05) is 13.2 Å². The first-order chi connectivity index (χ1) is 26.2. The van der Waals surface area contributed by atoms with Crippen molar-refractivity contribution in [2.24, 2.45) is 50.7 Å². The molecule has 15 nitrogen and oxygen atoms in total. The number of rotatable bonds is 8. The highest BCUT2D eigenvalue weighted by Crippen LogP contribution is 2.75. The number of ether oxygens (including phenoxy) is 4. The van der Waals surface area contributed by atoms with Crippen LogP contribution in [0, 0.1) is 50.7 Å². The van der Waals surface area contributed by atoms with E-state index in [-0.39, 0.29) is 51.9 Å². The summed E-state index contributed by atoms with van der Waals surface area (Å²) in [7, 11) is 0. The van der Waals surface area contributed by atoms with Gasteiger partial charge < -0.3 is 64.9 Å². The molecule has 5 aliphatic carbocycles. The molecule has 20 atom stereocenters.